The van der Waals surface area contributed by atoms with Gasteiger partial charge in [0.05, 0.1) is 17.3 Å². The standard InChI is InChI=1S/C24H30Cl2N6O/c25-18-4-5-20(21(26)16-18)22-6-7-23(28-27-22)31-10-8-29(9-11-31)17-24(33)32-14-12-30(13-15-32)19-2-1-3-19/h4-7,16,19H,1-3,8-15,17H2. The molecule has 2 aromatic rings. The molecule has 0 bridgehead atoms. The summed E-state index contributed by atoms with van der Waals surface area (Å²) in [7, 11) is 0. The Morgan fingerprint density at radius 2 is 1.67 bits per heavy atom. The lowest BCUT2D eigenvalue weighted by Gasteiger charge is -2.43. The summed E-state index contributed by atoms with van der Waals surface area (Å²) in [5, 5.41) is 9.96. The minimum absolute atomic E-state index is 0.265. The van der Waals surface area contributed by atoms with E-state index in [0.29, 0.717) is 16.6 Å². The molecule has 33 heavy (non-hydrogen) atoms. The number of carbonyl (C=O) groups is 1. The second-order valence-corrected chi connectivity index (χ2v) is 10.0. The van der Waals surface area contributed by atoms with Crippen LogP contribution in [0.3, 0.4) is 0 Å². The monoisotopic (exact) mass is 488 g/mol. The van der Waals surface area contributed by atoms with Gasteiger partial charge in [-0.3, -0.25) is 14.6 Å². The zero-order valence-electron chi connectivity index (χ0n) is 18.8. The van der Waals surface area contributed by atoms with Gasteiger partial charge in [-0.1, -0.05) is 29.6 Å². The van der Waals surface area contributed by atoms with E-state index < -0.39 is 0 Å². The van der Waals surface area contributed by atoms with Gasteiger partial charge in [0.15, 0.2) is 5.82 Å². The third-order valence-electron chi connectivity index (χ3n) is 7.17. The predicted molar refractivity (Wildman–Crippen MR) is 132 cm³/mol. The number of anilines is 1. The summed E-state index contributed by atoms with van der Waals surface area (Å²) in [6.07, 6.45) is 4.03. The van der Waals surface area contributed by atoms with Crippen molar-refractivity contribution >= 4 is 34.9 Å². The summed E-state index contributed by atoms with van der Waals surface area (Å²) < 4.78 is 0. The molecule has 3 aliphatic rings. The lowest BCUT2D eigenvalue weighted by Crippen LogP contribution is -2.56. The largest absolute Gasteiger partial charge is 0.353 e. The molecule has 3 fully saturated rings. The summed E-state index contributed by atoms with van der Waals surface area (Å²) in [5.74, 6) is 1.11. The number of halogens is 2. The van der Waals surface area contributed by atoms with Gasteiger partial charge in [-0.05, 0) is 43.2 Å². The highest BCUT2D eigenvalue weighted by Crippen LogP contribution is 2.29. The maximum atomic E-state index is 12.8. The Hall–Kier alpha value is -1.93. The number of amides is 1. The highest BCUT2D eigenvalue weighted by atomic mass is 35.5. The first-order valence-electron chi connectivity index (χ1n) is 11.8. The van der Waals surface area contributed by atoms with E-state index in [9.17, 15) is 4.79 Å². The van der Waals surface area contributed by atoms with Gasteiger partial charge in [0.1, 0.15) is 0 Å². The maximum absolute atomic E-state index is 12.8. The highest BCUT2D eigenvalue weighted by molar-refractivity contribution is 6.36. The number of rotatable bonds is 5. The lowest BCUT2D eigenvalue weighted by molar-refractivity contribution is -0.134. The Bertz CT molecular complexity index is 967. The summed E-state index contributed by atoms with van der Waals surface area (Å²) >= 11 is 12.3. The maximum Gasteiger partial charge on any atom is 0.236 e. The van der Waals surface area contributed by atoms with E-state index in [1.807, 2.05) is 23.1 Å². The lowest BCUT2D eigenvalue weighted by atomic mass is 9.91. The topological polar surface area (TPSA) is 55.8 Å². The molecule has 2 aliphatic heterocycles. The molecule has 0 radical (unpaired) electrons. The van der Waals surface area contributed by atoms with Crippen molar-refractivity contribution < 1.29 is 4.79 Å². The van der Waals surface area contributed by atoms with Crippen LogP contribution in [0.1, 0.15) is 19.3 Å². The minimum atomic E-state index is 0.265. The predicted octanol–water partition coefficient (Wildman–Crippen LogP) is 3.27. The number of piperazine rings is 2. The van der Waals surface area contributed by atoms with Crippen molar-refractivity contribution in [3.63, 3.8) is 0 Å². The molecule has 176 valence electrons. The smallest absolute Gasteiger partial charge is 0.236 e. The molecule has 0 spiro atoms. The molecule has 1 aliphatic carbocycles. The summed E-state index contributed by atoms with van der Waals surface area (Å²) in [5.41, 5.74) is 1.54. The van der Waals surface area contributed by atoms with E-state index in [2.05, 4.69) is 24.9 Å². The summed E-state index contributed by atoms with van der Waals surface area (Å²) in [6, 6.07) is 10.1. The Morgan fingerprint density at radius 3 is 2.27 bits per heavy atom. The molecule has 9 heteroatoms. The van der Waals surface area contributed by atoms with Gasteiger partial charge in [-0.15, -0.1) is 10.2 Å². The van der Waals surface area contributed by atoms with Crippen LogP contribution in [-0.4, -0.2) is 95.7 Å². The second-order valence-electron chi connectivity index (χ2n) is 9.17. The Morgan fingerprint density at radius 1 is 0.909 bits per heavy atom. The van der Waals surface area contributed by atoms with E-state index >= 15 is 0 Å². The fourth-order valence-electron chi connectivity index (χ4n) is 4.85. The van der Waals surface area contributed by atoms with Crippen LogP contribution in [0.15, 0.2) is 30.3 Å². The van der Waals surface area contributed by atoms with Gasteiger partial charge < -0.3 is 9.80 Å². The van der Waals surface area contributed by atoms with Crippen LogP contribution in [0.25, 0.3) is 11.3 Å². The highest BCUT2D eigenvalue weighted by Gasteiger charge is 2.30. The zero-order valence-corrected chi connectivity index (χ0v) is 20.3. The van der Waals surface area contributed by atoms with Crippen LogP contribution in [0.5, 0.6) is 0 Å². The molecular weight excluding hydrogens is 459 g/mol. The van der Waals surface area contributed by atoms with Gasteiger partial charge in [0.2, 0.25) is 5.91 Å². The third-order valence-corrected chi connectivity index (χ3v) is 7.72. The number of aromatic nitrogens is 2. The van der Waals surface area contributed by atoms with Gasteiger partial charge in [0, 0.05) is 69.0 Å². The van der Waals surface area contributed by atoms with E-state index in [4.69, 9.17) is 23.2 Å². The second kappa shape index (κ2) is 10.1. The number of carbonyl (C=O) groups excluding carboxylic acids is 1. The van der Waals surface area contributed by atoms with E-state index in [0.717, 1.165) is 75.5 Å². The van der Waals surface area contributed by atoms with Gasteiger partial charge in [-0.2, -0.15) is 0 Å². The first kappa shape index (κ1) is 22.8. The molecule has 1 amide bonds. The van der Waals surface area contributed by atoms with Crippen LogP contribution in [0.2, 0.25) is 10.0 Å². The first-order chi connectivity index (χ1) is 16.1. The average molecular weight is 489 g/mol. The van der Waals surface area contributed by atoms with Gasteiger partial charge in [0.25, 0.3) is 0 Å². The minimum Gasteiger partial charge on any atom is -0.353 e. The quantitative estimate of drug-likeness (QED) is 0.643. The molecular formula is C24H30Cl2N6O. The third kappa shape index (κ3) is 5.27. The molecule has 1 aromatic carbocycles. The van der Waals surface area contributed by atoms with E-state index in [1.54, 1.807) is 12.1 Å². The van der Waals surface area contributed by atoms with Crippen molar-refractivity contribution in [2.45, 2.75) is 25.3 Å². The van der Waals surface area contributed by atoms with Gasteiger partial charge >= 0.3 is 0 Å². The number of nitrogens with zero attached hydrogens (tertiary/aromatic N) is 6. The molecule has 3 heterocycles. The van der Waals surface area contributed by atoms with Gasteiger partial charge in [-0.25, -0.2) is 0 Å². The average Bonchev–Trinajstić information content (AvgIpc) is 2.79. The van der Waals surface area contributed by atoms with Crippen LogP contribution in [-0.2, 0) is 4.79 Å². The molecule has 0 N–H and O–H groups in total. The van der Waals surface area contributed by atoms with Crippen LogP contribution >= 0.6 is 23.2 Å². The first-order valence-corrected chi connectivity index (χ1v) is 12.6. The zero-order chi connectivity index (χ0) is 22.8. The van der Waals surface area contributed by atoms with Crippen LogP contribution < -0.4 is 4.90 Å². The van der Waals surface area contributed by atoms with Crippen molar-refractivity contribution in [1.82, 2.24) is 24.9 Å². The van der Waals surface area contributed by atoms with Crippen molar-refractivity contribution in [3.05, 3.63) is 40.4 Å². The number of hydrogen-bond donors (Lipinski definition) is 0. The summed E-state index contributed by atoms with van der Waals surface area (Å²) in [6.45, 7) is 7.66. The Kier molecular flexibility index (Phi) is 7.02. The van der Waals surface area contributed by atoms with Crippen LogP contribution in [0.4, 0.5) is 5.82 Å². The Balaban J connectivity index is 1.09. The molecule has 0 unspecified atom stereocenters. The molecule has 2 saturated heterocycles. The normalized spacial score (nSPS) is 20.7. The SMILES string of the molecule is O=C(CN1CCN(c2ccc(-c3ccc(Cl)cc3Cl)nn2)CC1)N1CCN(C2CCC2)CC1. The molecule has 1 saturated carbocycles. The van der Waals surface area contributed by atoms with E-state index in [-0.39, 0.29) is 5.91 Å². The van der Waals surface area contributed by atoms with Crippen molar-refractivity contribution in [1.29, 1.82) is 0 Å². The molecule has 7 nitrogen and oxygen atoms in total. The van der Waals surface area contributed by atoms with Crippen molar-refractivity contribution in [3.8, 4) is 11.3 Å². The fraction of sp³-hybridized carbons (Fsp3) is 0.542. The van der Waals surface area contributed by atoms with Crippen molar-refractivity contribution in [2.75, 3.05) is 63.8 Å². The summed E-state index contributed by atoms with van der Waals surface area (Å²) in [4.78, 5) is 21.9. The fourth-order valence-corrected chi connectivity index (χ4v) is 5.35. The number of hydrogen-bond acceptors (Lipinski definition) is 6. The Labute approximate surface area is 205 Å². The molecule has 5 rings (SSSR count). The number of benzene rings is 1. The molecule has 1 aromatic heterocycles. The van der Waals surface area contributed by atoms with Crippen molar-refractivity contribution in [2.24, 2.45) is 0 Å². The molecule has 0 atom stereocenters. The van der Waals surface area contributed by atoms with Crippen LogP contribution in [0, 0.1) is 0 Å². The van der Waals surface area contributed by atoms with E-state index in [1.165, 1.54) is 19.3 Å².